The summed E-state index contributed by atoms with van der Waals surface area (Å²) in [6, 6.07) is 7.36. The Morgan fingerprint density at radius 1 is 0.291 bits per heavy atom. The minimum absolute atomic E-state index is 0.0992. The SMILES string of the molecule is CCCCC1c2cc(c(O)cc2O)C(CCCC)c2cc(c(O)c(O)c2O)C(CCCC)c2cc(c(O)c(O)c2O)C(CCCC)c2cc1c(O)c(O)c2O. The maximum atomic E-state index is 11.5. The molecule has 0 heterocycles. The van der Waals surface area contributed by atoms with Crippen molar-refractivity contribution < 1.29 is 56.2 Å². The summed E-state index contributed by atoms with van der Waals surface area (Å²) in [5.41, 5.74) is 1.36. The van der Waals surface area contributed by atoms with Crippen molar-refractivity contribution in [3.05, 3.63) is 74.8 Å². The number of benzene rings is 4. The van der Waals surface area contributed by atoms with E-state index in [0.29, 0.717) is 62.5 Å². The van der Waals surface area contributed by atoms with Gasteiger partial charge in [0.15, 0.2) is 34.5 Å². The Hall–Kier alpha value is -5.32. The molecule has 8 bridgehead atoms. The average Bonchev–Trinajstić information content (AvgIpc) is 3.16. The van der Waals surface area contributed by atoms with Crippen molar-refractivity contribution in [1.82, 2.24) is 0 Å². The summed E-state index contributed by atoms with van der Waals surface area (Å²) in [5, 5.41) is 126. The highest BCUT2D eigenvalue weighted by molar-refractivity contribution is 5.69. The number of hydrogen-bond acceptors (Lipinski definition) is 11. The second kappa shape index (κ2) is 17.0. The maximum Gasteiger partial charge on any atom is 0.200 e. The number of fused-ring (bicyclic) bond motifs is 8. The molecule has 4 unspecified atom stereocenters. The van der Waals surface area contributed by atoms with Crippen LogP contribution in [0.4, 0.5) is 0 Å². The van der Waals surface area contributed by atoms with Crippen molar-refractivity contribution in [2.75, 3.05) is 0 Å². The molecule has 0 aliphatic heterocycles. The van der Waals surface area contributed by atoms with E-state index in [9.17, 15) is 56.2 Å². The van der Waals surface area contributed by atoms with Gasteiger partial charge in [0.25, 0.3) is 0 Å². The smallest absolute Gasteiger partial charge is 0.200 e. The number of hydrogen-bond donors (Lipinski definition) is 11. The molecule has 0 fully saturated rings. The molecule has 0 saturated heterocycles. The predicted octanol–water partition coefficient (Wildman–Crippen LogP) is 10.0. The molecule has 11 N–H and O–H groups in total. The van der Waals surface area contributed by atoms with Crippen molar-refractivity contribution >= 4 is 0 Å². The molecule has 1 aliphatic carbocycles. The molecule has 1 aliphatic rings. The van der Waals surface area contributed by atoms with Gasteiger partial charge in [-0.1, -0.05) is 79.1 Å². The van der Waals surface area contributed by atoms with Gasteiger partial charge in [-0.2, -0.15) is 0 Å². The van der Waals surface area contributed by atoms with Gasteiger partial charge in [0.2, 0.25) is 17.2 Å². The van der Waals surface area contributed by atoms with E-state index in [2.05, 4.69) is 0 Å². The molecule has 11 nitrogen and oxygen atoms in total. The molecule has 55 heavy (non-hydrogen) atoms. The number of rotatable bonds is 12. The highest BCUT2D eigenvalue weighted by atomic mass is 16.3. The van der Waals surface area contributed by atoms with Crippen LogP contribution in [0.2, 0.25) is 0 Å². The first-order valence-corrected chi connectivity index (χ1v) is 19.6. The summed E-state index contributed by atoms with van der Waals surface area (Å²) in [7, 11) is 0. The Labute approximate surface area is 322 Å². The van der Waals surface area contributed by atoms with Gasteiger partial charge in [-0.25, -0.2) is 0 Å². The summed E-state index contributed by atoms with van der Waals surface area (Å²) in [5.74, 6) is -10.3. The third-order valence-electron chi connectivity index (χ3n) is 11.5. The first kappa shape index (κ1) is 40.9. The Bertz CT molecular complexity index is 1890. The minimum atomic E-state index is -0.915. The molecule has 0 radical (unpaired) electrons. The maximum absolute atomic E-state index is 11.5. The molecular weight excluding hydrogens is 704 g/mol. The molecule has 11 heteroatoms. The topological polar surface area (TPSA) is 223 Å². The number of phenolic OH excluding ortho intramolecular Hbond substituents is 11. The number of unbranched alkanes of at least 4 members (excludes halogenated alkanes) is 4. The normalized spacial score (nSPS) is 18.0. The predicted molar refractivity (Wildman–Crippen MR) is 210 cm³/mol. The van der Waals surface area contributed by atoms with E-state index in [1.165, 1.54) is 24.3 Å². The van der Waals surface area contributed by atoms with Crippen LogP contribution in [0.25, 0.3) is 0 Å². The highest BCUT2D eigenvalue weighted by Gasteiger charge is 2.36. The molecule has 4 atom stereocenters. The molecule has 0 spiro atoms. The van der Waals surface area contributed by atoms with Crippen LogP contribution in [-0.4, -0.2) is 56.2 Å². The summed E-state index contributed by atoms with van der Waals surface area (Å²) in [6.07, 6.45) is 6.47. The second-order valence-electron chi connectivity index (χ2n) is 15.1. The van der Waals surface area contributed by atoms with Gasteiger partial charge < -0.3 is 56.2 Å². The third kappa shape index (κ3) is 7.53. The van der Waals surface area contributed by atoms with E-state index in [1.54, 1.807) is 6.07 Å². The van der Waals surface area contributed by atoms with E-state index in [4.69, 9.17) is 0 Å². The largest absolute Gasteiger partial charge is 0.508 e. The van der Waals surface area contributed by atoms with Gasteiger partial charge >= 0.3 is 0 Å². The van der Waals surface area contributed by atoms with Crippen LogP contribution in [0.15, 0.2) is 30.3 Å². The van der Waals surface area contributed by atoms with Gasteiger partial charge in [-0.3, -0.25) is 0 Å². The van der Waals surface area contributed by atoms with Gasteiger partial charge in [0, 0.05) is 74.2 Å². The standard InChI is InChI=1S/C44H56O11/c1-5-9-13-22-26-17-27(35(46)21-34(26)45)23(14-10-6-2)29-19-31(39(50)43(54)37(29)48)25(16-12-8-4)33-20-32(40(51)44(55)41(33)52)24(15-11-7-3)30-18-28(22)36(47)42(53)38(30)49/h17-25,45-55H,5-16H2,1-4H3. The summed E-state index contributed by atoms with van der Waals surface area (Å²) in [6.45, 7) is 7.85. The summed E-state index contributed by atoms with van der Waals surface area (Å²) in [4.78, 5) is 0. The number of phenols is 11. The van der Waals surface area contributed by atoms with Crippen molar-refractivity contribution in [2.45, 2.75) is 128 Å². The fourth-order valence-electron chi connectivity index (χ4n) is 8.38. The Kier molecular flexibility index (Phi) is 12.6. The van der Waals surface area contributed by atoms with Gasteiger partial charge in [-0.05, 0) is 49.9 Å². The lowest BCUT2D eigenvalue weighted by Crippen LogP contribution is -2.12. The van der Waals surface area contributed by atoms with Crippen molar-refractivity contribution in [2.24, 2.45) is 0 Å². The molecule has 0 saturated carbocycles. The molecule has 4 aromatic rings. The van der Waals surface area contributed by atoms with Crippen molar-refractivity contribution in [3.8, 4) is 63.2 Å². The zero-order chi connectivity index (χ0) is 40.3. The molecule has 0 aromatic heterocycles. The Morgan fingerprint density at radius 2 is 0.491 bits per heavy atom. The number of aromatic hydroxyl groups is 11. The quantitative estimate of drug-likeness (QED) is 0.0610. The molecule has 5 rings (SSSR count). The Morgan fingerprint density at radius 3 is 0.709 bits per heavy atom. The first-order chi connectivity index (χ1) is 26.2. The molecule has 298 valence electrons. The lowest BCUT2D eigenvalue weighted by molar-refractivity contribution is 0.350. The highest BCUT2D eigenvalue weighted by Crippen LogP contribution is 2.57. The monoisotopic (exact) mass is 760 g/mol. The van der Waals surface area contributed by atoms with Gasteiger partial charge in [-0.15, -0.1) is 0 Å². The first-order valence-electron chi connectivity index (χ1n) is 19.6. The average molecular weight is 761 g/mol. The lowest BCUT2D eigenvalue weighted by Gasteiger charge is -2.30. The van der Waals surface area contributed by atoms with Gasteiger partial charge in [0.05, 0.1) is 0 Å². The zero-order valence-electron chi connectivity index (χ0n) is 32.1. The fraction of sp³-hybridized carbons (Fsp3) is 0.455. The van der Waals surface area contributed by atoms with Crippen LogP contribution in [0.5, 0.6) is 63.2 Å². The minimum Gasteiger partial charge on any atom is -0.508 e. The molecule has 0 amide bonds. The molecule has 4 aromatic carbocycles. The summed E-state index contributed by atoms with van der Waals surface area (Å²) < 4.78 is 0. The molecular formula is C44H56O11. The summed E-state index contributed by atoms with van der Waals surface area (Å²) >= 11 is 0. The second-order valence-corrected chi connectivity index (χ2v) is 15.1. The van der Waals surface area contributed by atoms with Crippen LogP contribution in [0.1, 0.15) is 173 Å². The van der Waals surface area contributed by atoms with Gasteiger partial charge in [0.1, 0.15) is 11.5 Å². The Balaban J connectivity index is 2.03. The van der Waals surface area contributed by atoms with Crippen LogP contribution < -0.4 is 0 Å². The fourth-order valence-corrected chi connectivity index (χ4v) is 8.38. The van der Waals surface area contributed by atoms with Crippen LogP contribution in [0, 0.1) is 0 Å². The third-order valence-corrected chi connectivity index (χ3v) is 11.5. The van der Waals surface area contributed by atoms with Crippen molar-refractivity contribution in [1.29, 1.82) is 0 Å². The van der Waals surface area contributed by atoms with E-state index in [1.807, 2.05) is 27.7 Å². The van der Waals surface area contributed by atoms with Crippen molar-refractivity contribution in [3.63, 3.8) is 0 Å². The van der Waals surface area contributed by atoms with E-state index < -0.39 is 75.4 Å². The van der Waals surface area contributed by atoms with Crippen LogP contribution in [0.3, 0.4) is 0 Å². The lowest BCUT2D eigenvalue weighted by atomic mass is 9.76. The van der Waals surface area contributed by atoms with E-state index in [-0.39, 0.29) is 57.7 Å². The van der Waals surface area contributed by atoms with Crippen LogP contribution in [-0.2, 0) is 0 Å². The zero-order valence-corrected chi connectivity index (χ0v) is 32.1. The van der Waals surface area contributed by atoms with Crippen LogP contribution >= 0.6 is 0 Å². The van der Waals surface area contributed by atoms with E-state index in [0.717, 1.165) is 12.8 Å². The van der Waals surface area contributed by atoms with E-state index >= 15 is 0 Å².